The minimum Gasteiger partial charge on any atom is -0.509 e. The van der Waals surface area contributed by atoms with Crippen LogP contribution in [0, 0.1) is 18.8 Å². The molecule has 0 radical (unpaired) electrons. The van der Waals surface area contributed by atoms with Crippen LogP contribution in [-0.2, 0) is 37.3 Å². The number of rotatable bonds is 10. The van der Waals surface area contributed by atoms with Gasteiger partial charge in [0.05, 0.1) is 0 Å². The second kappa shape index (κ2) is 21.5. The summed E-state index contributed by atoms with van der Waals surface area (Å²) in [4.78, 5) is 9.74. The number of ether oxygens (including phenoxy) is 1. The average Bonchev–Trinajstić information content (AvgIpc) is 3.99. The van der Waals surface area contributed by atoms with Gasteiger partial charge in [-0.2, -0.15) is 12.1 Å². The maximum atomic E-state index is 6.96. The summed E-state index contributed by atoms with van der Waals surface area (Å²) < 4.78 is 9.23. The molecule has 10 aromatic carbocycles. The maximum absolute atomic E-state index is 6.96. The third-order valence-corrected chi connectivity index (χ3v) is 21.3. The minimum atomic E-state index is -2.86. The van der Waals surface area contributed by atoms with E-state index in [4.69, 9.17) is 9.72 Å². The Morgan fingerprint density at radius 1 is 0.446 bits per heavy atom. The molecule has 3 heterocycles. The maximum Gasteiger partial charge on any atom is 0.179 e. The van der Waals surface area contributed by atoms with Crippen molar-refractivity contribution in [1.82, 2.24) is 9.55 Å². The van der Waals surface area contributed by atoms with E-state index in [9.17, 15) is 0 Å². The Morgan fingerprint density at radius 3 is 1.67 bits per heavy atom. The van der Waals surface area contributed by atoms with Crippen molar-refractivity contribution in [1.29, 1.82) is 0 Å². The van der Waals surface area contributed by atoms with Gasteiger partial charge in [-0.3, -0.25) is 0 Å². The molecular formula is C76H67N4OPtSi-3. The van der Waals surface area contributed by atoms with Crippen molar-refractivity contribution < 1.29 is 25.8 Å². The molecule has 0 atom stereocenters. The van der Waals surface area contributed by atoms with Crippen molar-refractivity contribution in [2.45, 2.75) is 78.6 Å². The summed E-state index contributed by atoms with van der Waals surface area (Å²) in [5, 5.41) is 9.89. The predicted octanol–water partition coefficient (Wildman–Crippen LogP) is 17.1. The first-order valence-corrected chi connectivity index (χ1v) is 30.6. The average molecular weight is 1280 g/mol. The fraction of sp³-hybridized carbons (Fsp3) is 0.158. The number of fused-ring (bicyclic) bond motifs is 5. The fourth-order valence-corrected chi connectivity index (χ4v) is 16.9. The van der Waals surface area contributed by atoms with Crippen molar-refractivity contribution in [3.63, 3.8) is 0 Å². The summed E-state index contributed by atoms with van der Waals surface area (Å²) in [6.07, 6.45) is 1.94. The van der Waals surface area contributed by atoms with Gasteiger partial charge in [0.25, 0.3) is 0 Å². The van der Waals surface area contributed by atoms with E-state index < -0.39 is 8.07 Å². The SMILES string of the molecule is CC(C)(C)c1cc(N2[CH-]N(c3[c-]c(Oc4[c-]c5c(cc4)c4cc([Si](c6ccccc6)(c6ccccc6)c6ccccc6)ccc4n5-c4cc(C(C)(C)C)ccn4)ccc3)c3cccc(-c4cccc5ccccc45)c32)cc(C(C)(C)C)c1.[Pt]. The zero-order valence-electron chi connectivity index (χ0n) is 48.6. The fourth-order valence-electron chi connectivity index (χ4n) is 12.2. The van der Waals surface area contributed by atoms with Crippen LogP contribution in [0.1, 0.15) is 79.0 Å². The summed E-state index contributed by atoms with van der Waals surface area (Å²) >= 11 is 0. The quantitative estimate of drug-likeness (QED) is 0.0776. The number of benzene rings is 10. The van der Waals surface area contributed by atoms with E-state index in [0.29, 0.717) is 11.5 Å². The molecular weight excluding hydrogens is 1210 g/mol. The van der Waals surface area contributed by atoms with Gasteiger partial charge in [-0.1, -0.05) is 232 Å². The number of para-hydroxylation sites is 1. The molecule has 0 bridgehead atoms. The summed E-state index contributed by atoms with van der Waals surface area (Å²) in [5.41, 5.74) is 12.0. The minimum absolute atomic E-state index is 0. The van der Waals surface area contributed by atoms with Crippen LogP contribution in [0.15, 0.2) is 237 Å². The Kier molecular flexibility index (Phi) is 14.3. The Labute approximate surface area is 505 Å². The van der Waals surface area contributed by atoms with Crippen LogP contribution >= 0.6 is 0 Å². The van der Waals surface area contributed by atoms with E-state index in [2.05, 4.69) is 320 Å². The third-order valence-electron chi connectivity index (χ3n) is 16.5. The van der Waals surface area contributed by atoms with Crippen LogP contribution in [0.25, 0.3) is 49.5 Å². The van der Waals surface area contributed by atoms with Crippen LogP contribution in [-0.4, -0.2) is 17.6 Å². The molecule has 5 nitrogen and oxygen atoms in total. The number of nitrogens with zero attached hydrogens (tertiary/aromatic N) is 4. The number of aromatic nitrogens is 2. The van der Waals surface area contributed by atoms with Crippen molar-refractivity contribution in [2.75, 3.05) is 9.80 Å². The first kappa shape index (κ1) is 55.3. The van der Waals surface area contributed by atoms with E-state index in [-0.39, 0.29) is 37.3 Å². The largest absolute Gasteiger partial charge is 0.509 e. The molecule has 12 aromatic rings. The summed E-state index contributed by atoms with van der Waals surface area (Å²) in [5.74, 6) is 2.00. The van der Waals surface area contributed by atoms with Gasteiger partial charge < -0.3 is 19.1 Å². The summed E-state index contributed by atoms with van der Waals surface area (Å²) in [7, 11) is -2.86. The van der Waals surface area contributed by atoms with Crippen molar-refractivity contribution in [3.05, 3.63) is 272 Å². The van der Waals surface area contributed by atoms with E-state index >= 15 is 0 Å². The van der Waals surface area contributed by atoms with Gasteiger partial charge in [0.1, 0.15) is 5.82 Å². The molecule has 83 heavy (non-hydrogen) atoms. The first-order valence-electron chi connectivity index (χ1n) is 28.6. The van der Waals surface area contributed by atoms with Gasteiger partial charge in [0.2, 0.25) is 0 Å². The predicted molar refractivity (Wildman–Crippen MR) is 347 cm³/mol. The second-order valence-corrected chi connectivity index (χ2v) is 28.8. The number of anilines is 4. The van der Waals surface area contributed by atoms with Gasteiger partial charge in [-0.05, 0) is 112 Å². The molecule has 2 aromatic heterocycles. The standard InChI is InChI=1S/C76H67N4OSi.Pt/c1-74(2,3)53-42-43-77-72(47-53)80-69-41-39-63(82(60-28-13-10-14-29-60,61-30-15-11-16-31-61)62-32-17-12-18-33-62)50-68(69)66-40-38-59(49-71(66)80)81-58-27-22-26-56(48-58)78-51-79(57-45-54(75(4,5)6)44-55(46-57)76(7,8)9)73-67(36-23-37-70(73)78)65-35-21-25-52-24-19-20-34-64(52)65;/h10-47,50-51H,1-9H3;/q-3;. The first-order chi connectivity index (χ1) is 39.5. The van der Waals surface area contributed by atoms with Crippen LogP contribution in [0.5, 0.6) is 11.5 Å². The molecule has 0 saturated carbocycles. The normalized spacial score (nSPS) is 12.9. The van der Waals surface area contributed by atoms with Gasteiger partial charge in [-0.25, -0.2) is 4.98 Å². The van der Waals surface area contributed by atoms with Crippen LogP contribution in [0.2, 0.25) is 0 Å². The Bertz CT molecular complexity index is 4230. The van der Waals surface area contributed by atoms with Crippen LogP contribution in [0.3, 0.4) is 0 Å². The molecule has 7 heteroatoms. The van der Waals surface area contributed by atoms with E-state index in [0.717, 1.165) is 55.9 Å². The topological polar surface area (TPSA) is 33.5 Å². The number of hydrogen-bond donors (Lipinski definition) is 0. The van der Waals surface area contributed by atoms with Gasteiger partial charge in [0.15, 0.2) is 8.07 Å². The second-order valence-electron chi connectivity index (χ2n) is 25.0. The zero-order valence-corrected chi connectivity index (χ0v) is 51.9. The number of pyridine rings is 1. The summed E-state index contributed by atoms with van der Waals surface area (Å²) in [6, 6.07) is 91.9. The van der Waals surface area contributed by atoms with Crippen molar-refractivity contribution in [3.8, 4) is 28.4 Å². The summed E-state index contributed by atoms with van der Waals surface area (Å²) in [6.45, 7) is 22.8. The molecule has 0 amide bonds. The molecule has 0 N–H and O–H groups in total. The van der Waals surface area contributed by atoms with E-state index in [1.165, 1.54) is 53.8 Å². The van der Waals surface area contributed by atoms with E-state index in [1.54, 1.807) is 0 Å². The van der Waals surface area contributed by atoms with Gasteiger partial charge >= 0.3 is 0 Å². The Morgan fingerprint density at radius 2 is 1.02 bits per heavy atom. The number of hydrogen-bond acceptors (Lipinski definition) is 4. The van der Waals surface area contributed by atoms with Crippen LogP contribution < -0.4 is 35.3 Å². The molecule has 414 valence electrons. The zero-order chi connectivity index (χ0) is 56.5. The molecule has 1 aliphatic heterocycles. The van der Waals surface area contributed by atoms with Crippen molar-refractivity contribution >= 4 is 84.1 Å². The Hall–Kier alpha value is -8.28. The molecule has 0 fully saturated rings. The third kappa shape index (κ3) is 10.00. The van der Waals surface area contributed by atoms with Gasteiger partial charge in [0, 0.05) is 66.9 Å². The molecule has 0 saturated heterocycles. The smallest absolute Gasteiger partial charge is 0.179 e. The Balaban J connectivity index is 0.00000680. The monoisotopic (exact) mass is 1270 g/mol. The van der Waals surface area contributed by atoms with Crippen molar-refractivity contribution in [2.24, 2.45) is 0 Å². The van der Waals surface area contributed by atoms with Gasteiger partial charge in [-0.15, -0.1) is 48.1 Å². The molecule has 0 unspecified atom stereocenters. The molecule has 13 rings (SSSR count). The van der Waals surface area contributed by atoms with Crippen LogP contribution in [0.4, 0.5) is 22.7 Å². The molecule has 1 aliphatic rings. The molecule has 0 aliphatic carbocycles. The van der Waals surface area contributed by atoms with E-state index in [1.807, 2.05) is 12.3 Å². The molecule has 0 spiro atoms.